The van der Waals surface area contributed by atoms with E-state index in [9.17, 15) is 9.59 Å². The molecule has 1 heterocycles. The van der Waals surface area contributed by atoms with Gasteiger partial charge in [0, 0.05) is 13.7 Å². The molecule has 1 saturated carbocycles. The first-order valence-corrected chi connectivity index (χ1v) is 5.24. The summed E-state index contributed by atoms with van der Waals surface area (Å²) in [4.78, 5) is 24.2. The number of carbonyl (C=O) groups is 2. The zero-order valence-electron chi connectivity index (χ0n) is 8.91. The molecule has 0 aromatic rings. The number of methoxy groups -OCH3 is 1. The fourth-order valence-electron chi connectivity index (χ4n) is 2.21. The van der Waals surface area contributed by atoms with E-state index in [2.05, 4.69) is 5.32 Å². The Balaban J connectivity index is 1.93. The van der Waals surface area contributed by atoms with E-state index in [0.29, 0.717) is 19.6 Å². The molecule has 0 aromatic heterocycles. The third-order valence-corrected chi connectivity index (χ3v) is 3.22. The predicted molar refractivity (Wildman–Crippen MR) is 53.2 cm³/mol. The molecule has 0 bridgehead atoms. The second-order valence-corrected chi connectivity index (χ2v) is 4.36. The Morgan fingerprint density at radius 2 is 1.93 bits per heavy atom. The van der Waals surface area contributed by atoms with Crippen LogP contribution >= 0.6 is 0 Å². The van der Waals surface area contributed by atoms with Gasteiger partial charge in [0.1, 0.15) is 0 Å². The van der Waals surface area contributed by atoms with Gasteiger partial charge in [0.15, 0.2) is 0 Å². The number of ether oxygens (including phenoxy) is 1. The Morgan fingerprint density at radius 3 is 2.33 bits per heavy atom. The van der Waals surface area contributed by atoms with Crippen molar-refractivity contribution in [3.63, 3.8) is 0 Å². The summed E-state index contributed by atoms with van der Waals surface area (Å²) in [6.45, 7) is 1.29. The Hall–Kier alpha value is -0.940. The van der Waals surface area contributed by atoms with E-state index in [-0.39, 0.29) is 17.4 Å². The minimum absolute atomic E-state index is 0.113. The highest BCUT2D eigenvalue weighted by atomic mass is 16.5. The van der Waals surface area contributed by atoms with E-state index in [1.54, 1.807) is 7.11 Å². The Labute approximate surface area is 88.8 Å². The molecule has 0 unspecified atom stereocenters. The minimum Gasteiger partial charge on any atom is -0.377 e. The zero-order valence-corrected chi connectivity index (χ0v) is 8.91. The van der Waals surface area contributed by atoms with Crippen LogP contribution in [0.4, 0.5) is 0 Å². The van der Waals surface area contributed by atoms with Gasteiger partial charge in [-0.3, -0.25) is 19.8 Å². The van der Waals surface area contributed by atoms with Gasteiger partial charge in [-0.1, -0.05) is 0 Å². The number of hydrogen-bond donors (Lipinski definition) is 1. The first-order chi connectivity index (χ1) is 7.13. The van der Waals surface area contributed by atoms with Crippen molar-refractivity contribution in [2.24, 2.45) is 0 Å². The summed E-state index contributed by atoms with van der Waals surface area (Å²) >= 11 is 0. The van der Waals surface area contributed by atoms with Gasteiger partial charge in [0.05, 0.1) is 18.7 Å². The molecule has 84 valence electrons. The Bertz CT molecular complexity index is 265. The van der Waals surface area contributed by atoms with E-state index >= 15 is 0 Å². The zero-order chi connectivity index (χ0) is 10.9. The van der Waals surface area contributed by atoms with E-state index in [1.807, 2.05) is 4.90 Å². The third kappa shape index (κ3) is 2.18. The standard InChI is InChI=1S/C10H16N2O3/c1-15-10(3-2-4-10)7-12-5-8(13)11-9(14)6-12/h2-7H2,1H3,(H,11,13,14). The average Bonchev–Trinajstić information content (AvgIpc) is 2.10. The van der Waals surface area contributed by atoms with Crippen LogP contribution in [-0.2, 0) is 14.3 Å². The van der Waals surface area contributed by atoms with Gasteiger partial charge in [-0.25, -0.2) is 0 Å². The van der Waals surface area contributed by atoms with Gasteiger partial charge in [0.25, 0.3) is 0 Å². The van der Waals surface area contributed by atoms with Crippen molar-refractivity contribution in [2.75, 3.05) is 26.7 Å². The molecule has 2 rings (SSSR count). The number of imide groups is 1. The van der Waals surface area contributed by atoms with Crippen LogP contribution in [0.15, 0.2) is 0 Å². The highest BCUT2D eigenvalue weighted by molar-refractivity contribution is 5.99. The number of carbonyl (C=O) groups excluding carboxylic acids is 2. The molecule has 15 heavy (non-hydrogen) atoms. The average molecular weight is 212 g/mol. The maximum absolute atomic E-state index is 11.1. The smallest absolute Gasteiger partial charge is 0.240 e. The molecule has 1 aliphatic carbocycles. The van der Waals surface area contributed by atoms with Crippen molar-refractivity contribution in [3.05, 3.63) is 0 Å². The fourth-order valence-corrected chi connectivity index (χ4v) is 2.21. The van der Waals surface area contributed by atoms with Crippen molar-refractivity contribution < 1.29 is 14.3 Å². The van der Waals surface area contributed by atoms with Gasteiger partial charge in [-0.2, -0.15) is 0 Å². The topological polar surface area (TPSA) is 58.6 Å². The first kappa shape index (κ1) is 10.6. The van der Waals surface area contributed by atoms with E-state index < -0.39 is 0 Å². The van der Waals surface area contributed by atoms with Crippen LogP contribution in [0, 0.1) is 0 Å². The molecule has 1 aliphatic heterocycles. The van der Waals surface area contributed by atoms with Crippen LogP contribution in [0.25, 0.3) is 0 Å². The van der Waals surface area contributed by atoms with Crippen molar-refractivity contribution in [3.8, 4) is 0 Å². The summed E-state index contributed by atoms with van der Waals surface area (Å²) in [7, 11) is 1.70. The van der Waals surface area contributed by atoms with Crippen LogP contribution < -0.4 is 5.32 Å². The van der Waals surface area contributed by atoms with E-state index in [1.165, 1.54) is 6.42 Å². The lowest BCUT2D eigenvalue weighted by Gasteiger charge is -2.44. The van der Waals surface area contributed by atoms with Gasteiger partial charge < -0.3 is 4.74 Å². The van der Waals surface area contributed by atoms with Crippen molar-refractivity contribution in [2.45, 2.75) is 24.9 Å². The Morgan fingerprint density at radius 1 is 1.33 bits per heavy atom. The number of nitrogens with zero attached hydrogens (tertiary/aromatic N) is 1. The Kier molecular flexibility index (Phi) is 2.75. The molecular weight excluding hydrogens is 196 g/mol. The van der Waals surface area contributed by atoms with Crippen molar-refractivity contribution in [1.29, 1.82) is 0 Å². The minimum atomic E-state index is -0.211. The normalized spacial score (nSPS) is 25.9. The van der Waals surface area contributed by atoms with Crippen LogP contribution in [0.1, 0.15) is 19.3 Å². The quantitative estimate of drug-likeness (QED) is 0.642. The van der Waals surface area contributed by atoms with Crippen molar-refractivity contribution in [1.82, 2.24) is 10.2 Å². The van der Waals surface area contributed by atoms with Crippen LogP contribution in [0.5, 0.6) is 0 Å². The lowest BCUT2D eigenvalue weighted by molar-refractivity contribution is -0.140. The maximum atomic E-state index is 11.1. The third-order valence-electron chi connectivity index (χ3n) is 3.22. The molecule has 2 aliphatic rings. The molecule has 0 radical (unpaired) electrons. The second kappa shape index (κ2) is 3.90. The van der Waals surface area contributed by atoms with Gasteiger partial charge in [0.2, 0.25) is 11.8 Å². The summed E-state index contributed by atoms with van der Waals surface area (Å²) < 4.78 is 5.46. The number of hydrogen-bond acceptors (Lipinski definition) is 4. The number of nitrogens with one attached hydrogen (secondary N) is 1. The maximum Gasteiger partial charge on any atom is 0.240 e. The summed E-state index contributed by atoms with van der Waals surface area (Å²) in [6.07, 6.45) is 3.22. The van der Waals surface area contributed by atoms with E-state index in [4.69, 9.17) is 4.74 Å². The summed E-state index contributed by atoms with van der Waals surface area (Å²) in [5.74, 6) is -0.423. The first-order valence-electron chi connectivity index (χ1n) is 5.24. The summed E-state index contributed by atoms with van der Waals surface area (Å²) in [5.41, 5.74) is -0.113. The predicted octanol–water partition coefficient (Wildman–Crippen LogP) is -0.486. The van der Waals surface area contributed by atoms with Gasteiger partial charge in [-0.05, 0) is 19.3 Å². The van der Waals surface area contributed by atoms with Crippen molar-refractivity contribution >= 4 is 11.8 Å². The van der Waals surface area contributed by atoms with Crippen LogP contribution in [-0.4, -0.2) is 49.1 Å². The summed E-state index contributed by atoms with van der Waals surface area (Å²) in [5, 5.41) is 2.29. The molecule has 1 N–H and O–H groups in total. The molecule has 2 fully saturated rings. The number of amides is 2. The molecule has 5 heteroatoms. The monoisotopic (exact) mass is 212 g/mol. The highest BCUT2D eigenvalue weighted by Crippen LogP contribution is 2.35. The largest absolute Gasteiger partial charge is 0.377 e. The molecule has 0 atom stereocenters. The SMILES string of the molecule is COC1(CN2CC(=O)NC(=O)C2)CCC1. The molecule has 2 amide bonds. The fraction of sp³-hybridized carbons (Fsp3) is 0.800. The van der Waals surface area contributed by atoms with Crippen LogP contribution in [0.3, 0.4) is 0 Å². The number of rotatable bonds is 3. The van der Waals surface area contributed by atoms with Crippen LogP contribution in [0.2, 0.25) is 0 Å². The van der Waals surface area contributed by atoms with Gasteiger partial charge in [-0.15, -0.1) is 0 Å². The molecule has 5 nitrogen and oxygen atoms in total. The second-order valence-electron chi connectivity index (χ2n) is 4.36. The lowest BCUT2D eigenvalue weighted by atomic mass is 9.79. The molecule has 0 aromatic carbocycles. The molecule has 1 saturated heterocycles. The van der Waals surface area contributed by atoms with E-state index in [0.717, 1.165) is 12.8 Å². The molecule has 0 spiro atoms. The highest BCUT2D eigenvalue weighted by Gasteiger charge is 2.40. The summed E-state index contributed by atoms with van der Waals surface area (Å²) in [6, 6.07) is 0. The lowest BCUT2D eigenvalue weighted by Crippen LogP contribution is -2.57. The molecular formula is C10H16N2O3. The van der Waals surface area contributed by atoms with Gasteiger partial charge >= 0.3 is 0 Å². The number of piperazine rings is 1.